The van der Waals surface area contributed by atoms with Gasteiger partial charge in [-0.2, -0.15) is 26.3 Å². The van der Waals surface area contributed by atoms with Crippen molar-refractivity contribution in [3.8, 4) is 0 Å². The van der Waals surface area contributed by atoms with E-state index in [1.54, 1.807) is 14.1 Å². The van der Waals surface area contributed by atoms with Crippen molar-refractivity contribution < 1.29 is 47.8 Å². The minimum atomic E-state index is -6.22. The molecular weight excluding hydrogens is 399 g/mol. The second-order valence-electron chi connectivity index (χ2n) is 6.19. The monoisotopic (exact) mass is 420 g/mol. The first-order valence-electron chi connectivity index (χ1n) is 6.99. The maximum Gasteiger partial charge on any atom is 0.470 e. The van der Waals surface area contributed by atoms with Crippen molar-refractivity contribution in [1.29, 1.82) is 0 Å². The fourth-order valence-electron chi connectivity index (χ4n) is 1.96. The van der Waals surface area contributed by atoms with Gasteiger partial charge in [-0.15, -0.1) is 0 Å². The number of quaternary nitrogens is 1. The van der Waals surface area contributed by atoms with Crippen LogP contribution in [0.25, 0.3) is 0 Å². The molecule has 7 nitrogen and oxygen atoms in total. The average molecular weight is 420 g/mol. The molecule has 0 aliphatic carbocycles. The van der Waals surface area contributed by atoms with Gasteiger partial charge in [0, 0.05) is 32.2 Å². The third kappa shape index (κ3) is 7.29. The molecule has 0 spiro atoms. The van der Waals surface area contributed by atoms with E-state index in [-0.39, 0.29) is 34.7 Å². The Hall–Kier alpha value is -0.570. The third-order valence-corrected chi connectivity index (χ3v) is 6.13. The number of rotatable bonds is 10. The predicted molar refractivity (Wildman–Crippen MR) is 78.2 cm³/mol. The molecule has 0 saturated carbocycles. The Morgan fingerprint density at radius 2 is 1.40 bits per heavy atom. The summed E-state index contributed by atoms with van der Waals surface area (Å²) in [5.41, 5.74) is 0. The average Bonchev–Trinajstić information content (AvgIpc) is 2.34. The number of sulfonamides is 1. The molecule has 0 aromatic heterocycles. The minimum Gasteiger partial charge on any atom is -0.748 e. The summed E-state index contributed by atoms with van der Waals surface area (Å²) in [6.07, 6.45) is -6.22. The maximum absolute atomic E-state index is 13.1. The topological polar surface area (TPSA) is 94.6 Å². The Balaban J connectivity index is 4.67. The van der Waals surface area contributed by atoms with Crippen LogP contribution in [0, 0.1) is 0 Å². The molecule has 152 valence electrons. The highest BCUT2D eigenvalue weighted by Crippen LogP contribution is 2.41. The molecule has 14 heteroatoms. The second-order valence-corrected chi connectivity index (χ2v) is 9.80. The molecule has 0 rings (SSSR count). The lowest BCUT2D eigenvalue weighted by Gasteiger charge is -2.31. The smallest absolute Gasteiger partial charge is 0.470 e. The quantitative estimate of drug-likeness (QED) is 0.296. The van der Waals surface area contributed by atoms with Crippen LogP contribution in [-0.4, -0.2) is 88.1 Å². The Labute approximate surface area is 143 Å². The highest BCUT2D eigenvalue weighted by atomic mass is 32.2. The van der Waals surface area contributed by atoms with Gasteiger partial charge >= 0.3 is 11.4 Å². The van der Waals surface area contributed by atoms with E-state index in [1.807, 2.05) is 0 Å². The molecule has 0 unspecified atom stereocenters. The summed E-state index contributed by atoms with van der Waals surface area (Å²) >= 11 is 0. The highest BCUT2D eigenvalue weighted by molar-refractivity contribution is 7.90. The van der Waals surface area contributed by atoms with E-state index in [0.29, 0.717) is 7.05 Å². The maximum atomic E-state index is 13.1. The van der Waals surface area contributed by atoms with Crippen LogP contribution in [-0.2, 0) is 20.1 Å². The number of nitrogens with zero attached hydrogens (tertiary/aromatic N) is 2. The lowest BCUT2D eigenvalue weighted by molar-refractivity contribution is -0.890. The molecule has 0 N–H and O–H groups in total. The molecule has 0 heterocycles. The van der Waals surface area contributed by atoms with Gasteiger partial charge in [0.15, 0.2) is 0 Å². The van der Waals surface area contributed by atoms with Gasteiger partial charge < -0.3 is 9.04 Å². The highest BCUT2D eigenvalue weighted by Gasteiger charge is 2.68. The molecule has 0 amide bonds. The first-order chi connectivity index (χ1) is 10.8. The molecule has 0 saturated heterocycles. The van der Waals surface area contributed by atoms with Crippen LogP contribution >= 0.6 is 0 Å². The molecule has 0 aromatic carbocycles. The first kappa shape index (κ1) is 24.4. The summed E-state index contributed by atoms with van der Waals surface area (Å²) in [5.74, 6) is -0.583. The van der Waals surface area contributed by atoms with E-state index in [9.17, 15) is 43.3 Å². The molecule has 0 radical (unpaired) electrons. The molecule has 0 aliphatic heterocycles. The lowest BCUT2D eigenvalue weighted by Crippen LogP contribution is -2.51. The van der Waals surface area contributed by atoms with Gasteiger partial charge in [0.2, 0.25) is 0 Å². The van der Waals surface area contributed by atoms with Gasteiger partial charge in [-0.1, -0.05) is 0 Å². The van der Waals surface area contributed by atoms with Crippen molar-refractivity contribution >= 4 is 20.1 Å². The van der Waals surface area contributed by atoms with Gasteiger partial charge in [0.1, 0.15) is 0 Å². The fourth-order valence-corrected chi connectivity index (χ4v) is 3.50. The summed E-state index contributed by atoms with van der Waals surface area (Å²) in [4.78, 5) is 0. The largest absolute Gasteiger partial charge is 0.748 e. The van der Waals surface area contributed by atoms with E-state index < -0.39 is 43.9 Å². The van der Waals surface area contributed by atoms with Gasteiger partial charge in [-0.3, -0.25) is 0 Å². The standard InChI is InChI=1S/C11H21F5N2O5S2/c1-17(25(22,23)11(15,16)10(12,13)14)6-4-7-18(2,3)8-5-9-24(19,20)21/h4-9H2,1-3H3. The SMILES string of the molecule is CN(CCC[N+](C)(C)CCCS(=O)(=O)[O-])S(=O)(=O)C(F)(F)C(F)(F)F. The summed E-state index contributed by atoms with van der Waals surface area (Å²) < 4.78 is 117. The zero-order chi connectivity index (χ0) is 20.3. The van der Waals surface area contributed by atoms with Crippen molar-refractivity contribution in [2.75, 3.05) is 46.5 Å². The Morgan fingerprint density at radius 1 is 0.960 bits per heavy atom. The van der Waals surface area contributed by atoms with Crippen LogP contribution in [0.2, 0.25) is 0 Å². The molecule has 0 fully saturated rings. The molecule has 0 atom stereocenters. The van der Waals surface area contributed by atoms with Crippen LogP contribution < -0.4 is 0 Å². The molecule has 0 bridgehead atoms. The Kier molecular flexibility index (Phi) is 7.80. The zero-order valence-electron chi connectivity index (χ0n) is 13.9. The number of hydrogen-bond donors (Lipinski definition) is 0. The van der Waals surface area contributed by atoms with E-state index in [1.165, 1.54) is 0 Å². The van der Waals surface area contributed by atoms with Crippen molar-refractivity contribution in [1.82, 2.24) is 4.31 Å². The van der Waals surface area contributed by atoms with Gasteiger partial charge in [-0.05, 0) is 0 Å². The predicted octanol–water partition coefficient (Wildman–Crippen LogP) is 0.805. The van der Waals surface area contributed by atoms with Gasteiger partial charge in [0.25, 0.3) is 10.0 Å². The number of alkyl halides is 5. The summed E-state index contributed by atoms with van der Waals surface area (Å²) in [7, 11) is -6.40. The van der Waals surface area contributed by atoms with Gasteiger partial charge in [0.05, 0.1) is 37.3 Å². The van der Waals surface area contributed by atoms with Crippen LogP contribution in [0.5, 0.6) is 0 Å². The zero-order valence-corrected chi connectivity index (χ0v) is 15.5. The van der Waals surface area contributed by atoms with Crippen molar-refractivity contribution in [3.05, 3.63) is 0 Å². The minimum absolute atomic E-state index is 0.0408. The van der Waals surface area contributed by atoms with E-state index in [0.717, 1.165) is 0 Å². The summed E-state index contributed by atoms with van der Waals surface area (Å²) in [6, 6.07) is 0. The van der Waals surface area contributed by atoms with Crippen LogP contribution in [0.4, 0.5) is 22.0 Å². The van der Waals surface area contributed by atoms with E-state index in [4.69, 9.17) is 0 Å². The lowest BCUT2D eigenvalue weighted by atomic mass is 10.3. The fraction of sp³-hybridized carbons (Fsp3) is 1.00. The van der Waals surface area contributed by atoms with Crippen LogP contribution in [0.1, 0.15) is 12.8 Å². The first-order valence-corrected chi connectivity index (χ1v) is 10.0. The van der Waals surface area contributed by atoms with Crippen molar-refractivity contribution in [2.45, 2.75) is 24.3 Å². The summed E-state index contributed by atoms with van der Waals surface area (Å²) in [6.45, 7) is -0.164. The second kappa shape index (κ2) is 7.98. The van der Waals surface area contributed by atoms with Crippen molar-refractivity contribution in [3.63, 3.8) is 0 Å². The molecule has 25 heavy (non-hydrogen) atoms. The normalized spacial score (nSPS) is 15.0. The van der Waals surface area contributed by atoms with Crippen molar-refractivity contribution in [2.24, 2.45) is 0 Å². The Morgan fingerprint density at radius 3 is 1.80 bits per heavy atom. The van der Waals surface area contributed by atoms with Crippen LogP contribution in [0.15, 0.2) is 0 Å². The molecular formula is C11H21F5N2O5S2. The third-order valence-electron chi connectivity index (χ3n) is 3.46. The van der Waals surface area contributed by atoms with Gasteiger partial charge in [-0.25, -0.2) is 16.8 Å². The Bertz CT molecular complexity index is 646. The van der Waals surface area contributed by atoms with E-state index in [2.05, 4.69) is 0 Å². The number of hydrogen-bond acceptors (Lipinski definition) is 5. The molecule has 0 aromatic rings. The summed E-state index contributed by atoms with van der Waals surface area (Å²) in [5, 5.41) is -5.89. The molecule has 0 aliphatic rings. The van der Waals surface area contributed by atoms with Crippen LogP contribution in [0.3, 0.4) is 0 Å². The van der Waals surface area contributed by atoms with E-state index >= 15 is 0 Å². The number of halogens is 5.